The highest BCUT2D eigenvalue weighted by molar-refractivity contribution is 7.89. The molecule has 1 unspecified atom stereocenters. The monoisotopic (exact) mass is 314 g/mol. The van der Waals surface area contributed by atoms with Gasteiger partial charge in [-0.2, -0.15) is 0 Å². The highest BCUT2D eigenvalue weighted by Gasteiger charge is 2.26. The molecular weight excluding hydrogens is 292 g/mol. The average Bonchev–Trinajstić information content (AvgIpc) is 2.48. The Labute approximate surface area is 125 Å². The molecular formula is C12H22N6O2S. The molecule has 0 aromatic carbocycles. The molecule has 1 aliphatic heterocycles. The zero-order chi connectivity index (χ0) is 15.5. The molecule has 0 aliphatic carbocycles. The molecule has 4 N–H and O–H groups in total. The maximum absolute atomic E-state index is 12.3. The van der Waals surface area contributed by atoms with Gasteiger partial charge in [-0.15, -0.1) is 0 Å². The van der Waals surface area contributed by atoms with Gasteiger partial charge in [0.2, 0.25) is 0 Å². The van der Waals surface area contributed by atoms with Crippen LogP contribution in [0.3, 0.4) is 0 Å². The molecule has 2 rings (SSSR count). The van der Waals surface area contributed by atoms with Crippen LogP contribution in [0.15, 0.2) is 23.4 Å². The highest BCUT2D eigenvalue weighted by Crippen LogP contribution is 2.16. The minimum atomic E-state index is -3.69. The van der Waals surface area contributed by atoms with Gasteiger partial charge in [-0.25, -0.2) is 18.1 Å². The minimum absolute atomic E-state index is 0.0840. The zero-order valence-electron chi connectivity index (χ0n) is 12.3. The van der Waals surface area contributed by atoms with Crippen LogP contribution in [-0.4, -0.2) is 69.5 Å². The van der Waals surface area contributed by atoms with E-state index in [1.807, 2.05) is 14.1 Å². The minimum Gasteiger partial charge on any atom is -0.321 e. The van der Waals surface area contributed by atoms with Gasteiger partial charge in [0, 0.05) is 38.4 Å². The molecule has 8 nitrogen and oxygen atoms in total. The number of sulfonamides is 1. The topological polar surface area (TPSA) is 104 Å². The third-order valence-corrected chi connectivity index (χ3v) is 5.05. The van der Waals surface area contributed by atoms with Crippen molar-refractivity contribution in [1.29, 1.82) is 0 Å². The number of aromatic nitrogens is 1. The summed E-state index contributed by atoms with van der Waals surface area (Å²) in [6.07, 6.45) is 1.43. The van der Waals surface area contributed by atoms with Crippen molar-refractivity contribution in [3.05, 3.63) is 18.3 Å². The number of hydrogen-bond acceptors (Lipinski definition) is 7. The standard InChI is InChI=1S/C12H22N6O2S/c1-17-6-7-18(2)10(9-17)8-15-21(19,20)12-11(16-13)4-3-5-14-12/h3-5,10,15-16H,6-9,13H2,1-2H3. The van der Waals surface area contributed by atoms with Crippen molar-refractivity contribution in [1.82, 2.24) is 19.5 Å². The lowest BCUT2D eigenvalue weighted by atomic mass is 10.2. The maximum atomic E-state index is 12.3. The fraction of sp³-hybridized carbons (Fsp3) is 0.583. The van der Waals surface area contributed by atoms with Gasteiger partial charge in [0.1, 0.15) is 0 Å². The Kier molecular flexibility index (Phi) is 5.12. The number of pyridine rings is 1. The Balaban J connectivity index is 2.07. The Morgan fingerprint density at radius 2 is 2.19 bits per heavy atom. The van der Waals surface area contributed by atoms with E-state index in [-0.39, 0.29) is 16.8 Å². The number of nitrogens with two attached hydrogens (primary N) is 1. The lowest BCUT2D eigenvalue weighted by Gasteiger charge is -2.37. The number of rotatable bonds is 5. The molecule has 1 aliphatic rings. The first kappa shape index (κ1) is 16.1. The smallest absolute Gasteiger partial charge is 0.260 e. The largest absolute Gasteiger partial charge is 0.321 e. The molecule has 0 spiro atoms. The van der Waals surface area contributed by atoms with Crippen molar-refractivity contribution in [3.63, 3.8) is 0 Å². The number of hydrogen-bond donors (Lipinski definition) is 3. The first-order chi connectivity index (χ1) is 9.94. The fourth-order valence-corrected chi connectivity index (χ4v) is 3.48. The van der Waals surface area contributed by atoms with Crippen molar-refractivity contribution >= 4 is 15.7 Å². The van der Waals surface area contributed by atoms with Crippen molar-refractivity contribution in [2.24, 2.45) is 5.84 Å². The quantitative estimate of drug-likeness (QED) is 0.468. The van der Waals surface area contributed by atoms with Crippen molar-refractivity contribution in [2.45, 2.75) is 11.1 Å². The number of piperazine rings is 1. The van der Waals surface area contributed by atoms with Crippen molar-refractivity contribution < 1.29 is 8.42 Å². The second-order valence-electron chi connectivity index (χ2n) is 5.25. The Morgan fingerprint density at radius 3 is 2.90 bits per heavy atom. The van der Waals surface area contributed by atoms with Gasteiger partial charge in [0.25, 0.3) is 10.0 Å². The van der Waals surface area contributed by atoms with E-state index in [0.717, 1.165) is 19.6 Å². The van der Waals surface area contributed by atoms with E-state index in [4.69, 9.17) is 5.84 Å². The van der Waals surface area contributed by atoms with Gasteiger partial charge < -0.3 is 10.3 Å². The van der Waals surface area contributed by atoms with Gasteiger partial charge in [-0.1, -0.05) is 0 Å². The number of nitrogens with one attached hydrogen (secondary N) is 2. The van der Waals surface area contributed by atoms with Gasteiger partial charge >= 0.3 is 0 Å². The van der Waals surface area contributed by atoms with Crippen molar-refractivity contribution in [3.8, 4) is 0 Å². The van der Waals surface area contributed by atoms with Crippen LogP contribution < -0.4 is 16.0 Å². The van der Waals surface area contributed by atoms with Crippen LogP contribution in [-0.2, 0) is 10.0 Å². The zero-order valence-corrected chi connectivity index (χ0v) is 13.1. The predicted molar refractivity (Wildman–Crippen MR) is 81.2 cm³/mol. The number of nitrogen functional groups attached to an aromatic ring is 1. The number of likely N-dealkylation sites (N-methyl/N-ethyl adjacent to an activating group) is 2. The first-order valence-corrected chi connectivity index (χ1v) is 8.22. The van der Waals surface area contributed by atoms with E-state index < -0.39 is 10.0 Å². The van der Waals surface area contributed by atoms with Gasteiger partial charge in [-0.3, -0.25) is 10.7 Å². The molecule has 21 heavy (non-hydrogen) atoms. The normalized spacial score (nSPS) is 21.4. The van der Waals surface area contributed by atoms with E-state index in [1.165, 1.54) is 6.20 Å². The maximum Gasteiger partial charge on any atom is 0.260 e. The average molecular weight is 314 g/mol. The summed E-state index contributed by atoms with van der Waals surface area (Å²) in [5.74, 6) is 5.33. The summed E-state index contributed by atoms with van der Waals surface area (Å²) in [5, 5.41) is -0.0840. The first-order valence-electron chi connectivity index (χ1n) is 6.74. The van der Waals surface area contributed by atoms with Crippen LogP contribution in [0.5, 0.6) is 0 Å². The molecule has 1 aromatic rings. The molecule has 0 radical (unpaired) electrons. The summed E-state index contributed by atoms with van der Waals surface area (Å²) >= 11 is 0. The molecule has 1 saturated heterocycles. The van der Waals surface area contributed by atoms with Crippen LogP contribution in [0.1, 0.15) is 0 Å². The van der Waals surface area contributed by atoms with Crippen LogP contribution in [0.2, 0.25) is 0 Å². The van der Waals surface area contributed by atoms with Crippen LogP contribution in [0, 0.1) is 0 Å². The van der Waals surface area contributed by atoms with Gasteiger partial charge in [0.05, 0.1) is 5.69 Å². The Bertz CT molecular complexity index is 579. The molecule has 0 saturated carbocycles. The second kappa shape index (κ2) is 6.67. The molecule has 9 heteroatoms. The van der Waals surface area contributed by atoms with Crippen LogP contribution in [0.4, 0.5) is 5.69 Å². The molecule has 1 aromatic heterocycles. The van der Waals surface area contributed by atoms with E-state index in [9.17, 15) is 8.42 Å². The number of hydrazine groups is 1. The lowest BCUT2D eigenvalue weighted by Crippen LogP contribution is -2.54. The van der Waals surface area contributed by atoms with Crippen LogP contribution in [0.25, 0.3) is 0 Å². The van der Waals surface area contributed by atoms with Crippen LogP contribution >= 0.6 is 0 Å². The molecule has 2 heterocycles. The van der Waals surface area contributed by atoms with E-state index >= 15 is 0 Å². The predicted octanol–water partition coefficient (Wildman–Crippen LogP) is -1.11. The van der Waals surface area contributed by atoms with Gasteiger partial charge in [0.15, 0.2) is 5.03 Å². The third-order valence-electron chi connectivity index (χ3n) is 3.67. The second-order valence-corrected chi connectivity index (χ2v) is 6.93. The summed E-state index contributed by atoms with van der Waals surface area (Å²) in [4.78, 5) is 8.24. The van der Waals surface area contributed by atoms with Crippen molar-refractivity contribution in [2.75, 3.05) is 45.7 Å². The SMILES string of the molecule is CN1CCN(C)C(CNS(=O)(=O)c2ncccc2NN)C1. The fourth-order valence-electron chi connectivity index (χ4n) is 2.31. The van der Waals surface area contributed by atoms with E-state index in [1.54, 1.807) is 12.1 Å². The molecule has 1 fully saturated rings. The summed E-state index contributed by atoms with van der Waals surface area (Å²) in [6.45, 7) is 3.07. The number of anilines is 1. The summed E-state index contributed by atoms with van der Waals surface area (Å²) in [6, 6.07) is 3.33. The van der Waals surface area contributed by atoms with E-state index in [0.29, 0.717) is 6.54 Å². The highest BCUT2D eigenvalue weighted by atomic mass is 32.2. The van der Waals surface area contributed by atoms with Gasteiger partial charge in [-0.05, 0) is 26.2 Å². The lowest BCUT2D eigenvalue weighted by molar-refractivity contribution is 0.117. The number of nitrogens with zero attached hydrogens (tertiary/aromatic N) is 3. The third kappa shape index (κ3) is 3.89. The summed E-state index contributed by atoms with van der Waals surface area (Å²) in [5.41, 5.74) is 2.63. The van der Waals surface area contributed by atoms with E-state index in [2.05, 4.69) is 24.9 Å². The summed E-state index contributed by atoms with van der Waals surface area (Å²) < 4.78 is 27.3. The Hall–Kier alpha value is -1.26. The molecule has 0 bridgehead atoms. The summed E-state index contributed by atoms with van der Waals surface area (Å²) in [7, 11) is 0.339. The molecule has 118 valence electrons. The molecule has 1 atom stereocenters. The Morgan fingerprint density at radius 1 is 1.43 bits per heavy atom. The molecule has 0 amide bonds.